The molecule has 0 aliphatic rings. The van der Waals surface area contributed by atoms with Crippen LogP contribution in [0, 0.1) is 5.82 Å². The minimum Gasteiger partial charge on any atom is -0.310 e. The molecular weight excluding hydrogens is 261 g/mol. The van der Waals surface area contributed by atoms with Crippen LogP contribution in [0.3, 0.4) is 0 Å². The molecule has 2 rings (SSSR count). The molecule has 0 bridgehead atoms. The van der Waals surface area contributed by atoms with Gasteiger partial charge in [0.05, 0.1) is 0 Å². The second-order valence-electron chi connectivity index (χ2n) is 4.47. The van der Waals surface area contributed by atoms with Gasteiger partial charge in [-0.25, -0.2) is 4.39 Å². The Balaban J connectivity index is 2.24. The molecule has 0 aromatic heterocycles. The molecule has 0 spiro atoms. The molecule has 1 nitrogen and oxygen atoms in total. The second-order valence-corrected chi connectivity index (χ2v) is 4.90. The Morgan fingerprint density at radius 3 is 2.63 bits per heavy atom. The SMILES string of the molecule is CCNC(Cc1cccc(Cl)c1)c1ccccc1F. The Morgan fingerprint density at radius 1 is 1.16 bits per heavy atom. The zero-order chi connectivity index (χ0) is 13.7. The van der Waals surface area contributed by atoms with Gasteiger partial charge in [-0.05, 0) is 36.7 Å². The number of rotatable bonds is 5. The Morgan fingerprint density at radius 2 is 1.95 bits per heavy atom. The second kappa shape index (κ2) is 6.69. The van der Waals surface area contributed by atoms with E-state index in [4.69, 9.17) is 11.6 Å². The van der Waals surface area contributed by atoms with E-state index in [2.05, 4.69) is 5.32 Å². The molecule has 1 unspecified atom stereocenters. The Hall–Kier alpha value is -1.38. The van der Waals surface area contributed by atoms with Crippen molar-refractivity contribution in [2.75, 3.05) is 6.54 Å². The molecule has 0 fully saturated rings. The average Bonchev–Trinajstić information content (AvgIpc) is 2.39. The van der Waals surface area contributed by atoms with E-state index in [-0.39, 0.29) is 11.9 Å². The summed E-state index contributed by atoms with van der Waals surface area (Å²) >= 11 is 5.99. The topological polar surface area (TPSA) is 12.0 Å². The van der Waals surface area contributed by atoms with Gasteiger partial charge in [-0.2, -0.15) is 0 Å². The summed E-state index contributed by atoms with van der Waals surface area (Å²) in [4.78, 5) is 0. The van der Waals surface area contributed by atoms with E-state index in [1.54, 1.807) is 6.07 Å². The number of halogens is 2. The van der Waals surface area contributed by atoms with Gasteiger partial charge in [-0.1, -0.05) is 48.9 Å². The first-order chi connectivity index (χ1) is 9.20. The predicted octanol–water partition coefficient (Wildman–Crippen LogP) is 4.37. The van der Waals surface area contributed by atoms with Crippen LogP contribution >= 0.6 is 11.6 Å². The Labute approximate surface area is 118 Å². The number of likely N-dealkylation sites (N-methyl/N-ethyl adjacent to an activating group) is 1. The third-order valence-electron chi connectivity index (χ3n) is 3.06. The summed E-state index contributed by atoms with van der Waals surface area (Å²) in [5, 5.41) is 4.03. The molecule has 0 amide bonds. The lowest BCUT2D eigenvalue weighted by atomic mass is 9.98. The van der Waals surface area contributed by atoms with Crippen LogP contribution in [0.15, 0.2) is 48.5 Å². The molecule has 1 N–H and O–H groups in total. The summed E-state index contributed by atoms with van der Waals surface area (Å²) in [6.45, 7) is 2.81. The van der Waals surface area contributed by atoms with Gasteiger partial charge in [-0.15, -0.1) is 0 Å². The van der Waals surface area contributed by atoms with Crippen LogP contribution in [-0.4, -0.2) is 6.54 Å². The van der Waals surface area contributed by atoms with Gasteiger partial charge in [0.25, 0.3) is 0 Å². The van der Waals surface area contributed by atoms with Crippen LogP contribution in [0.2, 0.25) is 5.02 Å². The highest BCUT2D eigenvalue weighted by Crippen LogP contribution is 2.22. The third-order valence-corrected chi connectivity index (χ3v) is 3.30. The standard InChI is InChI=1S/C16H17ClFN/c1-2-19-16(14-8-3-4-9-15(14)18)11-12-6-5-7-13(17)10-12/h3-10,16,19H,2,11H2,1H3. The fourth-order valence-electron chi connectivity index (χ4n) is 2.20. The van der Waals surface area contributed by atoms with E-state index in [1.807, 2.05) is 43.3 Å². The molecule has 0 saturated heterocycles. The van der Waals surface area contributed by atoms with Crippen molar-refractivity contribution in [1.82, 2.24) is 5.32 Å². The van der Waals surface area contributed by atoms with Crippen molar-refractivity contribution >= 4 is 11.6 Å². The van der Waals surface area contributed by atoms with Crippen LogP contribution in [0.5, 0.6) is 0 Å². The minimum atomic E-state index is -0.171. The van der Waals surface area contributed by atoms with Crippen LogP contribution in [-0.2, 0) is 6.42 Å². The van der Waals surface area contributed by atoms with Crippen molar-refractivity contribution in [2.45, 2.75) is 19.4 Å². The number of benzene rings is 2. The predicted molar refractivity (Wildman–Crippen MR) is 78.0 cm³/mol. The first kappa shape index (κ1) is 14.0. The maximum atomic E-state index is 13.9. The monoisotopic (exact) mass is 277 g/mol. The van der Waals surface area contributed by atoms with Gasteiger partial charge in [0.2, 0.25) is 0 Å². The van der Waals surface area contributed by atoms with Crippen LogP contribution in [0.1, 0.15) is 24.1 Å². The van der Waals surface area contributed by atoms with Crippen molar-refractivity contribution in [1.29, 1.82) is 0 Å². The summed E-state index contributed by atoms with van der Waals surface area (Å²) < 4.78 is 13.9. The fraction of sp³-hybridized carbons (Fsp3) is 0.250. The molecular formula is C16H17ClFN. The summed E-state index contributed by atoms with van der Waals surface area (Å²) in [6, 6.07) is 14.6. The maximum Gasteiger partial charge on any atom is 0.127 e. The van der Waals surface area contributed by atoms with Crippen molar-refractivity contribution in [3.63, 3.8) is 0 Å². The first-order valence-corrected chi connectivity index (χ1v) is 6.80. The molecule has 0 aliphatic carbocycles. The highest BCUT2D eigenvalue weighted by atomic mass is 35.5. The van der Waals surface area contributed by atoms with Gasteiger partial charge in [0, 0.05) is 16.6 Å². The van der Waals surface area contributed by atoms with E-state index in [0.29, 0.717) is 10.6 Å². The molecule has 2 aromatic rings. The zero-order valence-electron chi connectivity index (χ0n) is 10.9. The summed E-state index contributed by atoms with van der Waals surface area (Å²) in [5.74, 6) is -0.171. The highest BCUT2D eigenvalue weighted by molar-refractivity contribution is 6.30. The van der Waals surface area contributed by atoms with Crippen molar-refractivity contribution in [3.05, 3.63) is 70.5 Å². The van der Waals surface area contributed by atoms with Crippen LogP contribution < -0.4 is 5.32 Å². The average molecular weight is 278 g/mol. The zero-order valence-corrected chi connectivity index (χ0v) is 11.6. The highest BCUT2D eigenvalue weighted by Gasteiger charge is 2.14. The van der Waals surface area contributed by atoms with Crippen molar-refractivity contribution in [3.8, 4) is 0 Å². The Kier molecular flexibility index (Phi) is 4.94. The van der Waals surface area contributed by atoms with Crippen molar-refractivity contribution < 1.29 is 4.39 Å². The van der Waals surface area contributed by atoms with Gasteiger partial charge in [-0.3, -0.25) is 0 Å². The van der Waals surface area contributed by atoms with Gasteiger partial charge < -0.3 is 5.32 Å². The third kappa shape index (κ3) is 3.79. The van der Waals surface area contributed by atoms with E-state index < -0.39 is 0 Å². The van der Waals surface area contributed by atoms with E-state index in [1.165, 1.54) is 6.07 Å². The number of nitrogens with one attached hydrogen (secondary N) is 1. The molecule has 0 heterocycles. The lowest BCUT2D eigenvalue weighted by Crippen LogP contribution is -2.23. The summed E-state index contributed by atoms with van der Waals surface area (Å²) in [7, 11) is 0. The maximum absolute atomic E-state index is 13.9. The van der Waals surface area contributed by atoms with Crippen LogP contribution in [0.25, 0.3) is 0 Å². The number of hydrogen-bond donors (Lipinski definition) is 1. The van der Waals surface area contributed by atoms with Gasteiger partial charge >= 0.3 is 0 Å². The lowest BCUT2D eigenvalue weighted by molar-refractivity contribution is 0.510. The normalized spacial score (nSPS) is 12.4. The molecule has 0 radical (unpaired) electrons. The fourth-order valence-corrected chi connectivity index (χ4v) is 2.41. The Bertz CT molecular complexity index is 542. The molecule has 1 atom stereocenters. The summed E-state index contributed by atoms with van der Waals surface area (Å²) in [6.07, 6.45) is 0.718. The molecule has 3 heteroatoms. The molecule has 100 valence electrons. The van der Waals surface area contributed by atoms with Gasteiger partial charge in [0.15, 0.2) is 0 Å². The van der Waals surface area contributed by atoms with Crippen LogP contribution in [0.4, 0.5) is 4.39 Å². The first-order valence-electron chi connectivity index (χ1n) is 6.43. The summed E-state index contributed by atoms with van der Waals surface area (Å²) in [5.41, 5.74) is 1.80. The quantitative estimate of drug-likeness (QED) is 0.856. The minimum absolute atomic E-state index is 0.0373. The van der Waals surface area contributed by atoms with Crippen molar-refractivity contribution in [2.24, 2.45) is 0 Å². The molecule has 0 aliphatic heterocycles. The molecule has 2 aromatic carbocycles. The smallest absolute Gasteiger partial charge is 0.127 e. The van der Waals surface area contributed by atoms with E-state index in [0.717, 1.165) is 18.5 Å². The van der Waals surface area contributed by atoms with E-state index in [9.17, 15) is 4.39 Å². The van der Waals surface area contributed by atoms with Gasteiger partial charge in [0.1, 0.15) is 5.82 Å². The largest absolute Gasteiger partial charge is 0.310 e. The number of hydrogen-bond acceptors (Lipinski definition) is 1. The molecule has 0 saturated carbocycles. The lowest BCUT2D eigenvalue weighted by Gasteiger charge is -2.19. The molecule has 19 heavy (non-hydrogen) atoms. The van der Waals surface area contributed by atoms with E-state index >= 15 is 0 Å².